The van der Waals surface area contributed by atoms with Crippen LogP contribution in [0.5, 0.6) is 11.5 Å². The van der Waals surface area contributed by atoms with E-state index in [1.807, 2.05) is 48.5 Å². The highest BCUT2D eigenvalue weighted by Gasteiger charge is 2.36. The first kappa shape index (κ1) is 14.6. The van der Waals surface area contributed by atoms with Gasteiger partial charge in [-0.15, -0.1) is 0 Å². The van der Waals surface area contributed by atoms with Gasteiger partial charge in [-0.25, -0.2) is 0 Å². The fraction of sp³-hybridized carbons (Fsp3) is 0.316. The van der Waals surface area contributed by atoms with E-state index in [0.29, 0.717) is 6.42 Å². The summed E-state index contributed by atoms with van der Waals surface area (Å²) in [4.78, 5) is 0. The number of hydrogen-bond acceptors (Lipinski definition) is 3. The van der Waals surface area contributed by atoms with E-state index < -0.39 is 0 Å². The zero-order chi connectivity index (χ0) is 15.3. The second-order valence-electron chi connectivity index (χ2n) is 5.78. The highest BCUT2D eigenvalue weighted by molar-refractivity contribution is 5.43. The summed E-state index contributed by atoms with van der Waals surface area (Å²) in [5.41, 5.74) is 1.05. The van der Waals surface area contributed by atoms with Gasteiger partial charge in [-0.1, -0.05) is 36.4 Å². The van der Waals surface area contributed by atoms with Crippen LogP contribution in [0.2, 0.25) is 0 Å². The summed E-state index contributed by atoms with van der Waals surface area (Å²) < 4.78 is 6.10. The lowest BCUT2D eigenvalue weighted by Gasteiger charge is -2.37. The van der Waals surface area contributed by atoms with Gasteiger partial charge >= 0.3 is 0 Å². The molecule has 1 saturated heterocycles. The second kappa shape index (κ2) is 6.64. The number of ether oxygens (including phenoxy) is 1. The Hall–Kier alpha value is -2.31. The smallest absolute Gasteiger partial charge is 0.131 e. The lowest BCUT2D eigenvalue weighted by atomic mass is 9.71. The zero-order valence-corrected chi connectivity index (χ0v) is 12.6. The van der Waals surface area contributed by atoms with Gasteiger partial charge in [0.05, 0.1) is 6.07 Å². The number of nitrogens with zero attached hydrogens (tertiary/aromatic N) is 1. The molecule has 3 nitrogen and oxygen atoms in total. The normalized spacial score (nSPS) is 16.7. The van der Waals surface area contributed by atoms with Crippen molar-refractivity contribution >= 4 is 0 Å². The van der Waals surface area contributed by atoms with Gasteiger partial charge in [0.25, 0.3) is 0 Å². The lowest BCUT2D eigenvalue weighted by molar-refractivity contribution is 0.303. The molecule has 0 amide bonds. The Morgan fingerprint density at radius 1 is 1.00 bits per heavy atom. The number of nitriles is 1. The molecule has 1 heterocycles. The molecule has 1 N–H and O–H groups in total. The van der Waals surface area contributed by atoms with Crippen LogP contribution in [0.3, 0.4) is 0 Å². The van der Waals surface area contributed by atoms with Crippen LogP contribution >= 0.6 is 0 Å². The Labute approximate surface area is 131 Å². The van der Waals surface area contributed by atoms with Crippen LogP contribution < -0.4 is 10.1 Å². The first-order valence-corrected chi connectivity index (χ1v) is 7.74. The van der Waals surface area contributed by atoms with Crippen molar-refractivity contribution in [3.05, 3.63) is 60.2 Å². The molecule has 1 aliphatic heterocycles. The predicted molar refractivity (Wildman–Crippen MR) is 87.0 cm³/mol. The summed E-state index contributed by atoms with van der Waals surface area (Å²) in [5.74, 6) is 1.70. The van der Waals surface area contributed by atoms with Crippen molar-refractivity contribution in [1.82, 2.24) is 5.32 Å². The summed E-state index contributed by atoms with van der Waals surface area (Å²) in [6, 6.07) is 20.3. The average Bonchev–Trinajstić information content (AvgIpc) is 2.57. The summed E-state index contributed by atoms with van der Waals surface area (Å²) in [6.07, 6.45) is 2.47. The number of rotatable bonds is 4. The molecule has 0 aliphatic carbocycles. The molecule has 22 heavy (non-hydrogen) atoms. The molecule has 112 valence electrons. The van der Waals surface area contributed by atoms with Crippen molar-refractivity contribution in [3.8, 4) is 17.6 Å². The van der Waals surface area contributed by atoms with Crippen molar-refractivity contribution in [2.24, 2.45) is 0 Å². The third-order valence-electron chi connectivity index (χ3n) is 4.41. The summed E-state index contributed by atoms with van der Waals surface area (Å²) in [6.45, 7) is 1.89. The summed E-state index contributed by atoms with van der Waals surface area (Å²) >= 11 is 0. The molecular formula is C19H20N2O. The topological polar surface area (TPSA) is 45.0 Å². The molecule has 3 rings (SSSR count). The summed E-state index contributed by atoms with van der Waals surface area (Å²) in [5, 5.41) is 12.7. The van der Waals surface area contributed by atoms with Gasteiger partial charge in [-0.05, 0) is 44.1 Å². The predicted octanol–water partition coefficient (Wildman–Crippen LogP) is 4.01. The molecule has 2 aromatic carbocycles. The van der Waals surface area contributed by atoms with Gasteiger partial charge in [0.15, 0.2) is 0 Å². The Bertz CT molecular complexity index is 655. The van der Waals surface area contributed by atoms with E-state index in [9.17, 15) is 5.26 Å². The number of para-hydroxylation sites is 2. The number of benzene rings is 2. The lowest BCUT2D eigenvalue weighted by Crippen LogP contribution is -2.39. The standard InChI is InChI=1S/C19H20N2O/c20-13-10-19(11-14-21-15-12-19)17-8-4-5-9-18(17)22-16-6-2-1-3-7-16/h1-9,21H,10-12,14-15H2. The zero-order valence-electron chi connectivity index (χ0n) is 12.6. The number of piperidine rings is 1. The Balaban J connectivity index is 1.97. The SMILES string of the molecule is N#CCC1(c2ccccc2Oc2ccccc2)CCNCC1. The molecular weight excluding hydrogens is 272 g/mol. The maximum absolute atomic E-state index is 9.31. The highest BCUT2D eigenvalue weighted by Crippen LogP contribution is 2.42. The minimum absolute atomic E-state index is 0.106. The van der Waals surface area contributed by atoms with Crippen molar-refractivity contribution in [2.75, 3.05) is 13.1 Å². The van der Waals surface area contributed by atoms with Crippen molar-refractivity contribution < 1.29 is 4.74 Å². The number of hydrogen-bond donors (Lipinski definition) is 1. The molecule has 0 radical (unpaired) electrons. The van der Waals surface area contributed by atoms with Crippen molar-refractivity contribution in [1.29, 1.82) is 5.26 Å². The van der Waals surface area contributed by atoms with Gasteiger partial charge in [0, 0.05) is 17.4 Å². The van der Waals surface area contributed by atoms with E-state index in [0.717, 1.165) is 43.0 Å². The molecule has 0 saturated carbocycles. The van der Waals surface area contributed by atoms with E-state index in [1.165, 1.54) is 0 Å². The first-order chi connectivity index (χ1) is 10.8. The Morgan fingerprint density at radius 3 is 2.41 bits per heavy atom. The van der Waals surface area contributed by atoms with E-state index in [1.54, 1.807) is 0 Å². The van der Waals surface area contributed by atoms with Crippen LogP contribution in [0.4, 0.5) is 0 Å². The third-order valence-corrected chi connectivity index (χ3v) is 4.41. The van der Waals surface area contributed by atoms with Gasteiger partial charge in [0.1, 0.15) is 11.5 Å². The van der Waals surface area contributed by atoms with E-state index in [2.05, 4.69) is 17.5 Å². The van der Waals surface area contributed by atoms with Gasteiger partial charge < -0.3 is 10.1 Å². The highest BCUT2D eigenvalue weighted by atomic mass is 16.5. The van der Waals surface area contributed by atoms with Gasteiger partial charge in [-0.3, -0.25) is 0 Å². The van der Waals surface area contributed by atoms with Crippen molar-refractivity contribution in [3.63, 3.8) is 0 Å². The Morgan fingerprint density at radius 2 is 1.68 bits per heavy atom. The molecule has 0 unspecified atom stereocenters. The van der Waals surface area contributed by atoms with E-state index in [4.69, 9.17) is 4.74 Å². The van der Waals surface area contributed by atoms with E-state index >= 15 is 0 Å². The third kappa shape index (κ3) is 2.98. The minimum atomic E-state index is -0.106. The molecule has 0 atom stereocenters. The van der Waals surface area contributed by atoms with Gasteiger partial charge in [0.2, 0.25) is 0 Å². The molecule has 2 aromatic rings. The van der Waals surface area contributed by atoms with Crippen LogP contribution in [-0.4, -0.2) is 13.1 Å². The molecule has 0 bridgehead atoms. The van der Waals surface area contributed by atoms with Crippen LogP contribution in [0, 0.1) is 11.3 Å². The summed E-state index contributed by atoms with van der Waals surface area (Å²) in [7, 11) is 0. The quantitative estimate of drug-likeness (QED) is 0.926. The fourth-order valence-corrected chi connectivity index (χ4v) is 3.21. The van der Waals surface area contributed by atoms with Crippen LogP contribution in [0.1, 0.15) is 24.8 Å². The maximum Gasteiger partial charge on any atom is 0.131 e. The minimum Gasteiger partial charge on any atom is -0.457 e. The fourth-order valence-electron chi connectivity index (χ4n) is 3.21. The van der Waals surface area contributed by atoms with Crippen LogP contribution in [0.15, 0.2) is 54.6 Å². The molecule has 3 heteroatoms. The second-order valence-corrected chi connectivity index (χ2v) is 5.78. The average molecular weight is 292 g/mol. The largest absolute Gasteiger partial charge is 0.457 e. The van der Waals surface area contributed by atoms with Crippen LogP contribution in [0.25, 0.3) is 0 Å². The van der Waals surface area contributed by atoms with E-state index in [-0.39, 0.29) is 5.41 Å². The monoisotopic (exact) mass is 292 g/mol. The molecule has 1 fully saturated rings. The van der Waals surface area contributed by atoms with Crippen molar-refractivity contribution in [2.45, 2.75) is 24.7 Å². The Kier molecular flexibility index (Phi) is 4.41. The first-order valence-electron chi connectivity index (χ1n) is 7.74. The van der Waals surface area contributed by atoms with Gasteiger partial charge in [-0.2, -0.15) is 5.26 Å². The molecule has 1 aliphatic rings. The molecule has 0 aromatic heterocycles. The number of nitrogens with one attached hydrogen (secondary N) is 1. The maximum atomic E-state index is 9.31. The molecule has 0 spiro atoms. The van der Waals surface area contributed by atoms with Crippen LogP contribution in [-0.2, 0) is 5.41 Å².